The van der Waals surface area contributed by atoms with Gasteiger partial charge >= 0.3 is 0 Å². The molecule has 0 aliphatic heterocycles. The van der Waals surface area contributed by atoms with Gasteiger partial charge in [-0.25, -0.2) is 0 Å². The zero-order valence-corrected chi connectivity index (χ0v) is 12.6. The molecule has 0 radical (unpaired) electrons. The Hall–Kier alpha value is -2.82. The molecule has 0 bridgehead atoms. The van der Waals surface area contributed by atoms with Gasteiger partial charge in [0, 0.05) is 18.3 Å². The monoisotopic (exact) mass is 298 g/mol. The lowest BCUT2D eigenvalue weighted by atomic mass is 10.2. The van der Waals surface area contributed by atoms with Gasteiger partial charge in [0.25, 0.3) is 5.91 Å². The Labute approximate surface area is 129 Å². The van der Waals surface area contributed by atoms with Crippen LogP contribution >= 0.6 is 0 Å². The van der Waals surface area contributed by atoms with E-state index < -0.39 is 0 Å². The highest BCUT2D eigenvalue weighted by Gasteiger charge is 2.05. The van der Waals surface area contributed by atoms with E-state index in [0.29, 0.717) is 17.1 Å². The Balaban J connectivity index is 1.87. The van der Waals surface area contributed by atoms with E-state index >= 15 is 0 Å². The van der Waals surface area contributed by atoms with Crippen LogP contribution in [0.25, 0.3) is 0 Å². The van der Waals surface area contributed by atoms with Crippen LogP contribution in [-0.4, -0.2) is 18.4 Å². The maximum atomic E-state index is 11.9. The molecule has 0 heterocycles. The second-order valence-corrected chi connectivity index (χ2v) is 4.86. The Bertz CT molecular complexity index is 666. The predicted octanol–water partition coefficient (Wildman–Crippen LogP) is 2.97. The van der Waals surface area contributed by atoms with Crippen LogP contribution in [0.1, 0.15) is 12.5 Å². The number of aryl methyl sites for hydroxylation is 1. The summed E-state index contributed by atoms with van der Waals surface area (Å²) in [6.45, 7) is 3.31. The second kappa shape index (κ2) is 7.26. The molecule has 0 aromatic heterocycles. The number of ether oxygens (including phenoxy) is 1. The average Bonchev–Trinajstić information content (AvgIpc) is 2.48. The molecule has 5 heteroatoms. The molecule has 0 spiro atoms. The highest BCUT2D eigenvalue weighted by Crippen LogP contribution is 2.16. The lowest BCUT2D eigenvalue weighted by molar-refractivity contribution is -0.118. The van der Waals surface area contributed by atoms with Gasteiger partial charge in [0.05, 0.1) is 0 Å². The van der Waals surface area contributed by atoms with Crippen LogP contribution < -0.4 is 15.4 Å². The highest BCUT2D eigenvalue weighted by atomic mass is 16.5. The first-order valence-corrected chi connectivity index (χ1v) is 6.90. The van der Waals surface area contributed by atoms with Crippen molar-refractivity contribution in [3.63, 3.8) is 0 Å². The standard InChI is InChI=1S/C17H18N2O3/c1-12-5-3-4-6-16(12)22-11-17(21)19-15-9-7-14(8-10-15)18-13(2)20/h3-10H,11H2,1-2H3,(H,18,20)(H,19,21). The highest BCUT2D eigenvalue weighted by molar-refractivity contribution is 5.93. The molecule has 0 unspecified atom stereocenters. The Kier molecular flexibility index (Phi) is 5.14. The smallest absolute Gasteiger partial charge is 0.262 e. The first-order chi connectivity index (χ1) is 10.5. The fraction of sp³-hybridized carbons (Fsp3) is 0.176. The van der Waals surface area contributed by atoms with Gasteiger partial charge in [-0.15, -0.1) is 0 Å². The molecule has 2 rings (SSSR count). The number of amides is 2. The van der Waals surface area contributed by atoms with Gasteiger partial charge in [0.1, 0.15) is 5.75 Å². The lowest BCUT2D eigenvalue weighted by Gasteiger charge is -2.10. The van der Waals surface area contributed by atoms with E-state index in [4.69, 9.17) is 4.74 Å². The molecule has 0 aliphatic carbocycles. The minimum absolute atomic E-state index is 0.0572. The van der Waals surface area contributed by atoms with Gasteiger partial charge < -0.3 is 15.4 Å². The summed E-state index contributed by atoms with van der Waals surface area (Å²) in [6.07, 6.45) is 0. The van der Waals surface area contributed by atoms with Crippen molar-refractivity contribution in [3.05, 3.63) is 54.1 Å². The Morgan fingerprint density at radius 3 is 2.14 bits per heavy atom. The van der Waals surface area contributed by atoms with E-state index in [2.05, 4.69) is 10.6 Å². The maximum Gasteiger partial charge on any atom is 0.262 e. The third-order valence-corrected chi connectivity index (χ3v) is 2.94. The van der Waals surface area contributed by atoms with Gasteiger partial charge in [0.2, 0.25) is 5.91 Å². The van der Waals surface area contributed by atoms with Gasteiger partial charge in [0.15, 0.2) is 6.61 Å². The zero-order valence-electron chi connectivity index (χ0n) is 12.6. The summed E-state index contributed by atoms with van der Waals surface area (Å²) in [4.78, 5) is 22.8. The second-order valence-electron chi connectivity index (χ2n) is 4.86. The zero-order chi connectivity index (χ0) is 15.9. The molecule has 0 fully saturated rings. The van der Waals surface area contributed by atoms with Crippen molar-refractivity contribution in [3.8, 4) is 5.75 Å². The van der Waals surface area contributed by atoms with Crippen LogP contribution in [0.2, 0.25) is 0 Å². The van der Waals surface area contributed by atoms with Crippen molar-refractivity contribution in [1.29, 1.82) is 0 Å². The topological polar surface area (TPSA) is 67.4 Å². The lowest BCUT2D eigenvalue weighted by Crippen LogP contribution is -2.20. The molecule has 5 nitrogen and oxygen atoms in total. The van der Waals surface area contributed by atoms with Crippen molar-refractivity contribution in [2.75, 3.05) is 17.2 Å². The maximum absolute atomic E-state index is 11.9. The largest absolute Gasteiger partial charge is 0.483 e. The minimum atomic E-state index is -0.240. The van der Waals surface area contributed by atoms with Crippen LogP contribution in [-0.2, 0) is 9.59 Å². The fourth-order valence-electron chi connectivity index (χ4n) is 1.90. The minimum Gasteiger partial charge on any atom is -0.483 e. The molecule has 2 aromatic rings. The predicted molar refractivity (Wildman–Crippen MR) is 86.0 cm³/mol. The van der Waals surface area contributed by atoms with Crippen molar-refractivity contribution in [2.24, 2.45) is 0 Å². The van der Waals surface area contributed by atoms with Crippen LogP contribution in [0.4, 0.5) is 11.4 Å². The number of hydrogen-bond donors (Lipinski definition) is 2. The summed E-state index contributed by atoms with van der Waals surface area (Å²) in [6, 6.07) is 14.4. The number of benzene rings is 2. The number of carbonyl (C=O) groups is 2. The Morgan fingerprint density at radius 1 is 0.955 bits per heavy atom. The fourth-order valence-corrected chi connectivity index (χ4v) is 1.90. The average molecular weight is 298 g/mol. The quantitative estimate of drug-likeness (QED) is 0.891. The normalized spacial score (nSPS) is 9.91. The van der Waals surface area contributed by atoms with Crippen LogP contribution in [0.3, 0.4) is 0 Å². The van der Waals surface area contributed by atoms with E-state index in [9.17, 15) is 9.59 Å². The summed E-state index contributed by atoms with van der Waals surface area (Å²) in [7, 11) is 0. The third-order valence-electron chi connectivity index (χ3n) is 2.94. The molecule has 2 N–H and O–H groups in total. The number of rotatable bonds is 5. The molecule has 0 aliphatic rings. The van der Waals surface area contributed by atoms with Gasteiger partial charge in [-0.3, -0.25) is 9.59 Å². The molecule has 0 atom stereocenters. The number of nitrogens with one attached hydrogen (secondary N) is 2. The summed E-state index contributed by atoms with van der Waals surface area (Å²) in [5.74, 6) is 0.317. The van der Waals surface area contributed by atoms with Crippen molar-refractivity contribution in [1.82, 2.24) is 0 Å². The molecule has 0 saturated carbocycles. The summed E-state index contributed by atoms with van der Waals surface area (Å²) in [5.41, 5.74) is 2.31. The van der Waals surface area contributed by atoms with Crippen LogP contribution in [0, 0.1) is 6.92 Å². The summed E-state index contributed by atoms with van der Waals surface area (Å²) in [5, 5.41) is 5.40. The third kappa shape index (κ3) is 4.63. The molecule has 0 saturated heterocycles. The van der Waals surface area contributed by atoms with Crippen molar-refractivity contribution >= 4 is 23.2 Å². The van der Waals surface area contributed by atoms with E-state index in [1.807, 2.05) is 31.2 Å². The first-order valence-electron chi connectivity index (χ1n) is 6.90. The number of para-hydroxylation sites is 1. The molecule has 2 amide bonds. The molecular weight excluding hydrogens is 280 g/mol. The van der Waals surface area contributed by atoms with Crippen LogP contribution in [0.15, 0.2) is 48.5 Å². The van der Waals surface area contributed by atoms with E-state index in [0.717, 1.165) is 5.56 Å². The van der Waals surface area contributed by atoms with E-state index in [1.165, 1.54) is 6.92 Å². The molecular formula is C17H18N2O3. The van der Waals surface area contributed by atoms with E-state index in [1.54, 1.807) is 24.3 Å². The van der Waals surface area contributed by atoms with Crippen molar-refractivity contribution < 1.29 is 14.3 Å². The van der Waals surface area contributed by atoms with Gasteiger partial charge in [-0.2, -0.15) is 0 Å². The van der Waals surface area contributed by atoms with Crippen molar-refractivity contribution in [2.45, 2.75) is 13.8 Å². The number of hydrogen-bond acceptors (Lipinski definition) is 3. The summed E-state index contributed by atoms with van der Waals surface area (Å²) < 4.78 is 5.48. The Morgan fingerprint density at radius 2 is 1.55 bits per heavy atom. The number of carbonyl (C=O) groups excluding carboxylic acids is 2. The molecule has 2 aromatic carbocycles. The first kappa shape index (κ1) is 15.6. The number of anilines is 2. The molecule has 114 valence electrons. The van der Waals surface area contributed by atoms with Gasteiger partial charge in [-0.05, 0) is 42.8 Å². The van der Waals surface area contributed by atoms with Gasteiger partial charge in [-0.1, -0.05) is 18.2 Å². The summed E-state index contributed by atoms with van der Waals surface area (Å²) >= 11 is 0. The van der Waals surface area contributed by atoms with Crippen LogP contribution in [0.5, 0.6) is 5.75 Å². The SMILES string of the molecule is CC(=O)Nc1ccc(NC(=O)COc2ccccc2C)cc1. The molecule has 22 heavy (non-hydrogen) atoms. The van der Waals surface area contributed by atoms with E-state index in [-0.39, 0.29) is 18.4 Å².